The monoisotopic (exact) mass is 307 g/mol. The van der Waals surface area contributed by atoms with Crippen molar-refractivity contribution in [1.29, 1.82) is 0 Å². The molecule has 0 bridgehead atoms. The second-order valence-corrected chi connectivity index (χ2v) is 7.02. The third kappa shape index (κ3) is 4.08. The molecule has 0 fully saturated rings. The van der Waals surface area contributed by atoms with Gasteiger partial charge in [0.25, 0.3) is 0 Å². The molecule has 1 N–H and O–H groups in total. The lowest BCUT2D eigenvalue weighted by atomic mass is 10.1. The Bertz CT molecular complexity index is 579. The van der Waals surface area contributed by atoms with Crippen LogP contribution in [-0.2, 0) is 12.2 Å². The Labute approximate surface area is 127 Å². The van der Waals surface area contributed by atoms with Crippen LogP contribution in [0.5, 0.6) is 0 Å². The number of aromatic nitrogens is 1. The van der Waals surface area contributed by atoms with Crippen LogP contribution in [-0.4, -0.2) is 16.1 Å². The molecule has 0 saturated carbocycles. The highest BCUT2D eigenvalue weighted by atomic mass is 32.2. The lowest BCUT2D eigenvalue weighted by Crippen LogP contribution is -2.02. The Morgan fingerprint density at radius 3 is 2.65 bits per heavy atom. The van der Waals surface area contributed by atoms with E-state index in [9.17, 15) is 9.90 Å². The minimum atomic E-state index is -0.867. The number of hydrogen-bond donors (Lipinski definition) is 1. The molecule has 0 unspecified atom stereocenters. The van der Waals surface area contributed by atoms with E-state index in [4.69, 9.17) is 0 Å². The van der Waals surface area contributed by atoms with Crippen LogP contribution >= 0.6 is 23.1 Å². The first kappa shape index (κ1) is 15.1. The molecule has 1 aromatic carbocycles. The predicted molar refractivity (Wildman–Crippen MR) is 83.6 cm³/mol. The number of nitrogens with zero attached hydrogens (tertiary/aromatic N) is 1. The van der Waals surface area contributed by atoms with E-state index in [2.05, 4.69) is 18.8 Å². The quantitative estimate of drug-likeness (QED) is 0.807. The van der Waals surface area contributed by atoms with Crippen LogP contribution in [0.2, 0.25) is 0 Å². The van der Waals surface area contributed by atoms with E-state index >= 15 is 0 Å². The van der Waals surface area contributed by atoms with Crippen molar-refractivity contribution >= 4 is 29.1 Å². The van der Waals surface area contributed by atoms with E-state index in [1.807, 2.05) is 30.3 Å². The molecule has 106 valence electrons. The summed E-state index contributed by atoms with van der Waals surface area (Å²) in [6.45, 7) is 4.15. The normalized spacial score (nSPS) is 10.9. The van der Waals surface area contributed by atoms with Crippen LogP contribution in [0.4, 0.5) is 0 Å². The largest absolute Gasteiger partial charge is 0.477 e. The summed E-state index contributed by atoms with van der Waals surface area (Å²) in [7, 11) is 0. The Hall–Kier alpha value is -1.33. The zero-order valence-corrected chi connectivity index (χ0v) is 13.1. The highest BCUT2D eigenvalue weighted by Crippen LogP contribution is 2.28. The van der Waals surface area contributed by atoms with Gasteiger partial charge in [0, 0.05) is 4.90 Å². The smallest absolute Gasteiger partial charge is 0.347 e. The van der Waals surface area contributed by atoms with E-state index < -0.39 is 5.97 Å². The Balaban J connectivity index is 2.10. The van der Waals surface area contributed by atoms with E-state index in [0.29, 0.717) is 23.0 Å². The molecule has 0 amide bonds. The second-order valence-electron chi connectivity index (χ2n) is 4.89. The van der Waals surface area contributed by atoms with Crippen molar-refractivity contribution in [1.82, 2.24) is 4.98 Å². The zero-order valence-electron chi connectivity index (χ0n) is 11.5. The Kier molecular flexibility index (Phi) is 5.20. The fraction of sp³-hybridized carbons (Fsp3) is 0.333. The average Bonchev–Trinajstić information content (AvgIpc) is 2.80. The summed E-state index contributed by atoms with van der Waals surface area (Å²) < 4.78 is 0. The summed E-state index contributed by atoms with van der Waals surface area (Å²) in [6.07, 6.45) is 0.716. The highest BCUT2D eigenvalue weighted by Gasteiger charge is 2.18. The van der Waals surface area contributed by atoms with Gasteiger partial charge < -0.3 is 5.11 Å². The molecule has 20 heavy (non-hydrogen) atoms. The molecule has 5 heteroatoms. The van der Waals surface area contributed by atoms with Gasteiger partial charge in [-0.25, -0.2) is 9.78 Å². The zero-order chi connectivity index (χ0) is 14.5. The number of carboxylic acids is 1. The first-order valence-electron chi connectivity index (χ1n) is 6.46. The number of hydrogen-bond acceptors (Lipinski definition) is 4. The van der Waals surface area contributed by atoms with Crippen molar-refractivity contribution in [3.8, 4) is 0 Å². The van der Waals surface area contributed by atoms with Crippen molar-refractivity contribution in [2.75, 3.05) is 0 Å². The predicted octanol–water partition coefficient (Wildman–Crippen LogP) is 4.33. The number of thiazole rings is 1. The van der Waals surface area contributed by atoms with Crippen LogP contribution < -0.4 is 0 Å². The molecular formula is C15H17NO2S2. The maximum absolute atomic E-state index is 11.3. The van der Waals surface area contributed by atoms with Crippen LogP contribution in [0.3, 0.4) is 0 Å². The molecule has 3 nitrogen and oxygen atoms in total. The molecule has 0 radical (unpaired) electrons. The molecule has 0 aliphatic rings. The number of thioether (sulfide) groups is 1. The highest BCUT2D eigenvalue weighted by molar-refractivity contribution is 7.98. The summed E-state index contributed by atoms with van der Waals surface area (Å²) in [6, 6.07) is 10.1. The van der Waals surface area contributed by atoms with E-state index in [0.717, 1.165) is 10.7 Å². The topological polar surface area (TPSA) is 50.2 Å². The van der Waals surface area contributed by atoms with E-state index in [1.165, 1.54) is 16.2 Å². The molecular weight excluding hydrogens is 290 g/mol. The van der Waals surface area contributed by atoms with Crippen LogP contribution in [0, 0.1) is 5.92 Å². The standard InChI is InChI=1S/C15H17NO2S2/c1-10(2)8-12-14(15(17)18)20-13(16-12)9-19-11-6-4-3-5-7-11/h3-7,10H,8-9H2,1-2H3,(H,17,18). The van der Waals surface area contributed by atoms with Crippen LogP contribution in [0.25, 0.3) is 0 Å². The second kappa shape index (κ2) is 6.90. The summed E-state index contributed by atoms with van der Waals surface area (Å²) >= 11 is 2.98. The lowest BCUT2D eigenvalue weighted by Gasteiger charge is -2.01. The van der Waals surface area contributed by atoms with Gasteiger partial charge in [0.05, 0.1) is 11.4 Å². The number of rotatable bonds is 6. The number of carboxylic acid groups (broad SMARTS) is 1. The first-order chi connectivity index (χ1) is 9.56. The molecule has 0 aliphatic carbocycles. The van der Waals surface area contributed by atoms with Gasteiger partial charge in [-0.1, -0.05) is 32.0 Å². The summed E-state index contributed by atoms with van der Waals surface area (Å²) in [5, 5.41) is 10.1. The number of aromatic carboxylic acids is 1. The molecule has 0 saturated heterocycles. The molecule has 0 atom stereocenters. The molecule has 1 heterocycles. The molecule has 2 aromatic rings. The minimum absolute atomic E-state index is 0.391. The van der Waals surface area contributed by atoms with E-state index in [1.54, 1.807) is 11.8 Å². The van der Waals surface area contributed by atoms with Crippen LogP contribution in [0.15, 0.2) is 35.2 Å². The van der Waals surface area contributed by atoms with Gasteiger partial charge in [0.1, 0.15) is 9.88 Å². The van der Waals surface area contributed by atoms with Crippen molar-refractivity contribution in [2.45, 2.75) is 30.9 Å². The molecule has 1 aromatic heterocycles. The van der Waals surface area contributed by atoms with Gasteiger partial charge in [-0.05, 0) is 24.5 Å². The Morgan fingerprint density at radius 2 is 2.05 bits per heavy atom. The number of carbonyl (C=O) groups is 1. The first-order valence-corrected chi connectivity index (χ1v) is 8.26. The van der Waals surface area contributed by atoms with Gasteiger partial charge in [-0.3, -0.25) is 0 Å². The fourth-order valence-corrected chi connectivity index (χ4v) is 3.66. The van der Waals surface area contributed by atoms with Gasteiger partial charge in [-0.2, -0.15) is 0 Å². The number of benzene rings is 1. The lowest BCUT2D eigenvalue weighted by molar-refractivity contribution is 0.0700. The Morgan fingerprint density at radius 1 is 1.35 bits per heavy atom. The third-order valence-corrected chi connectivity index (χ3v) is 4.93. The maximum Gasteiger partial charge on any atom is 0.347 e. The molecule has 2 rings (SSSR count). The van der Waals surface area contributed by atoms with Gasteiger partial charge in [0.15, 0.2) is 0 Å². The van der Waals surface area contributed by atoms with Gasteiger partial charge in [0.2, 0.25) is 0 Å². The maximum atomic E-state index is 11.3. The van der Waals surface area contributed by atoms with Crippen molar-refractivity contribution < 1.29 is 9.90 Å². The fourth-order valence-electron chi connectivity index (χ4n) is 1.82. The molecule has 0 spiro atoms. The average molecular weight is 307 g/mol. The molecule has 0 aliphatic heterocycles. The summed E-state index contributed by atoms with van der Waals surface area (Å²) in [5.74, 6) is 0.256. The minimum Gasteiger partial charge on any atom is -0.477 e. The van der Waals surface area contributed by atoms with Gasteiger partial charge >= 0.3 is 5.97 Å². The summed E-state index contributed by atoms with van der Waals surface area (Å²) in [5.41, 5.74) is 0.723. The third-order valence-electron chi connectivity index (χ3n) is 2.64. The van der Waals surface area contributed by atoms with E-state index in [-0.39, 0.29) is 0 Å². The van der Waals surface area contributed by atoms with Crippen molar-refractivity contribution in [3.63, 3.8) is 0 Å². The SMILES string of the molecule is CC(C)Cc1nc(CSc2ccccc2)sc1C(=O)O. The van der Waals surface area contributed by atoms with Gasteiger partial charge in [-0.15, -0.1) is 23.1 Å². The summed E-state index contributed by atoms with van der Waals surface area (Å²) in [4.78, 5) is 17.3. The van der Waals surface area contributed by atoms with Crippen molar-refractivity contribution in [3.05, 3.63) is 45.9 Å². The van der Waals surface area contributed by atoms with Crippen molar-refractivity contribution in [2.24, 2.45) is 5.92 Å². The van der Waals surface area contributed by atoms with Crippen LogP contribution in [0.1, 0.15) is 34.2 Å².